The molecule has 0 aliphatic carbocycles. The molecular formula is C14H22ClN3O3S. The van der Waals surface area contributed by atoms with Gasteiger partial charge in [-0.05, 0) is 50.5 Å². The van der Waals surface area contributed by atoms with E-state index >= 15 is 0 Å². The number of nitrogens with one attached hydrogen (secondary N) is 2. The minimum absolute atomic E-state index is 0. The highest BCUT2D eigenvalue weighted by Crippen LogP contribution is 2.25. The van der Waals surface area contributed by atoms with E-state index in [-0.39, 0.29) is 29.8 Å². The van der Waals surface area contributed by atoms with E-state index in [1.807, 2.05) is 0 Å². The van der Waals surface area contributed by atoms with Gasteiger partial charge in [0.2, 0.25) is 15.9 Å². The van der Waals surface area contributed by atoms with Gasteiger partial charge in [-0.25, -0.2) is 13.1 Å². The first-order valence-electron chi connectivity index (χ1n) is 6.90. The van der Waals surface area contributed by atoms with E-state index in [2.05, 4.69) is 10.0 Å². The van der Waals surface area contributed by atoms with E-state index < -0.39 is 15.6 Å². The number of fused-ring (bicyclic) bond motifs is 1. The smallest absolute Gasteiger partial charge is 0.241 e. The number of sulfonamides is 1. The third-order valence-corrected chi connectivity index (χ3v) is 5.13. The molecule has 0 bridgehead atoms. The third-order valence-electron chi connectivity index (χ3n) is 3.43. The molecule has 0 atom stereocenters. The van der Waals surface area contributed by atoms with Crippen LogP contribution in [0.2, 0.25) is 0 Å². The Labute approximate surface area is 137 Å². The zero-order valence-corrected chi connectivity index (χ0v) is 14.3. The molecule has 0 fully saturated rings. The molecule has 1 aromatic carbocycles. The van der Waals surface area contributed by atoms with Crippen molar-refractivity contribution in [1.29, 1.82) is 0 Å². The maximum absolute atomic E-state index is 12.4. The van der Waals surface area contributed by atoms with Gasteiger partial charge < -0.3 is 11.1 Å². The van der Waals surface area contributed by atoms with Crippen molar-refractivity contribution < 1.29 is 13.2 Å². The molecule has 0 saturated heterocycles. The summed E-state index contributed by atoms with van der Waals surface area (Å²) in [5.41, 5.74) is 6.39. The first-order chi connectivity index (χ1) is 9.73. The van der Waals surface area contributed by atoms with Gasteiger partial charge in [-0.2, -0.15) is 0 Å². The molecule has 0 spiro atoms. The molecule has 0 saturated carbocycles. The summed E-state index contributed by atoms with van der Waals surface area (Å²) in [5, 5.41) is 2.79. The largest absolute Gasteiger partial charge is 0.329 e. The van der Waals surface area contributed by atoms with Crippen LogP contribution in [0.3, 0.4) is 0 Å². The normalized spacial score (nSPS) is 15.3. The molecule has 0 radical (unpaired) electrons. The van der Waals surface area contributed by atoms with Gasteiger partial charge in [0, 0.05) is 24.2 Å². The number of anilines is 1. The second kappa shape index (κ2) is 6.95. The van der Waals surface area contributed by atoms with Crippen molar-refractivity contribution in [3.05, 3.63) is 23.8 Å². The van der Waals surface area contributed by atoms with Crippen LogP contribution < -0.4 is 15.8 Å². The fraction of sp³-hybridized carbons (Fsp3) is 0.500. The zero-order valence-electron chi connectivity index (χ0n) is 12.7. The SMILES string of the molecule is CC(C)(CN)NS(=O)(=O)c1ccc2c(c1)CCCC(=O)N2.Cl. The van der Waals surface area contributed by atoms with Crippen LogP contribution >= 0.6 is 12.4 Å². The maximum Gasteiger partial charge on any atom is 0.241 e. The van der Waals surface area contributed by atoms with Crippen LogP contribution in [0.1, 0.15) is 32.3 Å². The van der Waals surface area contributed by atoms with Gasteiger partial charge in [0.15, 0.2) is 0 Å². The van der Waals surface area contributed by atoms with Crippen molar-refractivity contribution in [2.24, 2.45) is 5.73 Å². The summed E-state index contributed by atoms with van der Waals surface area (Å²) in [6.07, 6.45) is 1.84. The van der Waals surface area contributed by atoms with E-state index in [4.69, 9.17) is 5.73 Å². The van der Waals surface area contributed by atoms with Gasteiger partial charge in [-0.1, -0.05) is 0 Å². The standard InChI is InChI=1S/C14H21N3O3S.ClH/c1-14(2,9-15)17-21(19,20)11-6-7-12-10(8-11)4-3-5-13(18)16-12;/h6-8,17H,3-5,9,15H2,1-2H3,(H,16,18);1H. The maximum atomic E-state index is 12.4. The average molecular weight is 348 g/mol. The van der Waals surface area contributed by atoms with Crippen molar-refractivity contribution in [3.8, 4) is 0 Å². The number of hydrogen-bond acceptors (Lipinski definition) is 4. The Morgan fingerprint density at radius 2 is 2.00 bits per heavy atom. The van der Waals surface area contributed by atoms with Crippen molar-refractivity contribution in [2.45, 2.75) is 43.5 Å². The molecule has 1 aromatic rings. The molecule has 22 heavy (non-hydrogen) atoms. The van der Waals surface area contributed by atoms with Crippen molar-refractivity contribution in [2.75, 3.05) is 11.9 Å². The predicted molar refractivity (Wildman–Crippen MR) is 88.7 cm³/mol. The van der Waals surface area contributed by atoms with E-state index in [1.54, 1.807) is 26.0 Å². The Morgan fingerprint density at radius 1 is 1.32 bits per heavy atom. The summed E-state index contributed by atoms with van der Waals surface area (Å²) >= 11 is 0. The molecular weight excluding hydrogens is 326 g/mol. The number of carbonyl (C=O) groups is 1. The Kier molecular flexibility index (Phi) is 5.97. The lowest BCUT2D eigenvalue weighted by molar-refractivity contribution is -0.116. The van der Waals surface area contributed by atoms with Crippen LogP contribution in [-0.4, -0.2) is 26.4 Å². The van der Waals surface area contributed by atoms with E-state index in [0.29, 0.717) is 24.9 Å². The number of halogens is 1. The number of hydrogen-bond donors (Lipinski definition) is 3. The van der Waals surface area contributed by atoms with E-state index in [9.17, 15) is 13.2 Å². The lowest BCUT2D eigenvalue weighted by Crippen LogP contribution is -2.48. The summed E-state index contributed by atoms with van der Waals surface area (Å²) < 4.78 is 27.4. The van der Waals surface area contributed by atoms with Crippen LogP contribution in [0, 0.1) is 0 Å². The van der Waals surface area contributed by atoms with Crippen molar-refractivity contribution in [1.82, 2.24) is 4.72 Å². The Hall–Kier alpha value is -1.15. The zero-order chi connectivity index (χ0) is 15.7. The number of nitrogens with two attached hydrogens (primary N) is 1. The molecule has 0 aromatic heterocycles. The van der Waals surface area contributed by atoms with Gasteiger partial charge in [0.05, 0.1) is 4.90 Å². The van der Waals surface area contributed by atoms with Crippen LogP contribution in [0.15, 0.2) is 23.1 Å². The molecule has 1 heterocycles. The van der Waals surface area contributed by atoms with Gasteiger partial charge >= 0.3 is 0 Å². The predicted octanol–water partition coefficient (Wildman–Crippen LogP) is 1.40. The fourth-order valence-corrected chi connectivity index (χ4v) is 3.66. The molecule has 0 unspecified atom stereocenters. The summed E-state index contributed by atoms with van der Waals surface area (Å²) in [4.78, 5) is 11.7. The molecule has 1 aliphatic heterocycles. The topological polar surface area (TPSA) is 101 Å². The minimum atomic E-state index is -3.63. The number of amides is 1. The van der Waals surface area contributed by atoms with Gasteiger partial charge in [-0.15, -0.1) is 12.4 Å². The van der Waals surface area contributed by atoms with E-state index in [0.717, 1.165) is 5.56 Å². The van der Waals surface area contributed by atoms with E-state index in [1.165, 1.54) is 6.07 Å². The fourth-order valence-electron chi connectivity index (χ4n) is 2.18. The average Bonchev–Trinajstić information content (AvgIpc) is 2.57. The third kappa shape index (κ3) is 4.42. The van der Waals surface area contributed by atoms with Gasteiger partial charge in [0.1, 0.15) is 0 Å². The summed E-state index contributed by atoms with van der Waals surface area (Å²) in [5.74, 6) is -0.0354. The minimum Gasteiger partial charge on any atom is -0.329 e. The number of aryl methyl sites for hydroxylation is 1. The lowest BCUT2D eigenvalue weighted by atomic mass is 10.1. The second-order valence-corrected chi connectivity index (χ2v) is 7.60. The molecule has 6 nitrogen and oxygen atoms in total. The molecule has 124 valence electrons. The summed E-state index contributed by atoms with van der Waals surface area (Å²) in [6.45, 7) is 3.66. The first-order valence-corrected chi connectivity index (χ1v) is 8.39. The van der Waals surface area contributed by atoms with Gasteiger partial charge in [-0.3, -0.25) is 4.79 Å². The number of rotatable bonds is 4. The molecule has 2 rings (SSSR count). The molecule has 4 N–H and O–H groups in total. The van der Waals surface area contributed by atoms with Crippen LogP contribution in [0.4, 0.5) is 5.69 Å². The molecule has 1 aliphatic rings. The summed E-state index contributed by atoms with van der Waals surface area (Å²) in [6, 6.07) is 4.76. The monoisotopic (exact) mass is 347 g/mol. The quantitative estimate of drug-likeness (QED) is 0.766. The first kappa shape index (κ1) is 18.9. The highest BCUT2D eigenvalue weighted by atomic mass is 35.5. The Balaban J connectivity index is 0.00000242. The second-order valence-electron chi connectivity index (χ2n) is 5.91. The lowest BCUT2D eigenvalue weighted by Gasteiger charge is -2.24. The summed E-state index contributed by atoms with van der Waals surface area (Å²) in [7, 11) is -3.63. The number of carbonyl (C=O) groups excluding carboxylic acids is 1. The van der Waals surface area contributed by atoms with Gasteiger partial charge in [0.25, 0.3) is 0 Å². The van der Waals surface area contributed by atoms with Crippen molar-refractivity contribution >= 4 is 34.0 Å². The molecule has 8 heteroatoms. The highest BCUT2D eigenvalue weighted by molar-refractivity contribution is 7.89. The van der Waals surface area contributed by atoms with Crippen molar-refractivity contribution in [3.63, 3.8) is 0 Å². The van der Waals surface area contributed by atoms with Crippen LogP contribution in [0.5, 0.6) is 0 Å². The highest BCUT2D eigenvalue weighted by Gasteiger charge is 2.26. The van der Waals surface area contributed by atoms with Crippen LogP contribution in [0.25, 0.3) is 0 Å². The molecule has 1 amide bonds. The van der Waals surface area contributed by atoms with Crippen LogP contribution in [-0.2, 0) is 21.2 Å². The Bertz CT molecular complexity index is 659. The Morgan fingerprint density at radius 3 is 2.64 bits per heavy atom. The number of benzene rings is 1.